The number of nitrogens with two attached hydrogens (primary N) is 2. The summed E-state index contributed by atoms with van der Waals surface area (Å²) in [6.45, 7) is 0.0732. The third-order valence-corrected chi connectivity index (χ3v) is 2.87. The lowest BCUT2D eigenvalue weighted by molar-refractivity contribution is -0.140. The average molecular weight is 263 g/mol. The van der Waals surface area contributed by atoms with Gasteiger partial charge in [-0.1, -0.05) is 0 Å². The van der Waals surface area contributed by atoms with Crippen molar-refractivity contribution < 1.29 is 13.2 Å². The zero-order chi connectivity index (χ0) is 12.6. The molecule has 0 bridgehead atoms. The van der Waals surface area contributed by atoms with Gasteiger partial charge in [-0.15, -0.1) is 11.3 Å². The van der Waals surface area contributed by atoms with Crippen LogP contribution in [0.5, 0.6) is 0 Å². The first kappa shape index (κ1) is 11.7. The van der Waals surface area contributed by atoms with Crippen molar-refractivity contribution in [3.63, 3.8) is 0 Å². The highest BCUT2D eigenvalue weighted by molar-refractivity contribution is 7.09. The molecule has 2 aromatic heterocycles. The van der Waals surface area contributed by atoms with Crippen molar-refractivity contribution in [1.29, 1.82) is 0 Å². The summed E-state index contributed by atoms with van der Waals surface area (Å²) in [5, 5.41) is 5.06. The highest BCUT2D eigenvalue weighted by Crippen LogP contribution is 2.30. The van der Waals surface area contributed by atoms with Gasteiger partial charge in [0.15, 0.2) is 5.69 Å². The molecule has 0 aliphatic carbocycles. The maximum atomic E-state index is 12.3. The molecule has 0 unspecified atom stereocenters. The van der Waals surface area contributed by atoms with Crippen LogP contribution in [0.3, 0.4) is 0 Å². The zero-order valence-electron chi connectivity index (χ0n) is 8.40. The molecular weight excluding hydrogens is 255 g/mol. The molecule has 0 aromatic carbocycles. The van der Waals surface area contributed by atoms with E-state index in [1.807, 2.05) is 0 Å². The molecule has 0 saturated heterocycles. The molecule has 0 aliphatic rings. The van der Waals surface area contributed by atoms with Gasteiger partial charge in [0, 0.05) is 5.38 Å². The lowest BCUT2D eigenvalue weighted by atomic mass is 10.5. The van der Waals surface area contributed by atoms with Crippen LogP contribution in [0.1, 0.15) is 10.7 Å². The second kappa shape index (κ2) is 3.91. The monoisotopic (exact) mass is 263 g/mol. The largest absolute Gasteiger partial charge is 0.434 e. The molecule has 0 aliphatic heterocycles. The Labute approximate surface area is 97.9 Å². The predicted octanol–water partition coefficient (Wildman–Crippen LogP) is 1.57. The number of nitrogen functional groups attached to an aromatic ring is 2. The standard InChI is InChI=1S/C8H8F3N5S/c9-8(10,11)5-3-17-6(15-5)2-16-7(13)4(12)1-14-16/h1,3H,2,12-13H2. The quantitative estimate of drug-likeness (QED) is 0.861. The number of nitrogens with zero attached hydrogens (tertiary/aromatic N) is 3. The van der Waals surface area contributed by atoms with E-state index in [0.29, 0.717) is 0 Å². The van der Waals surface area contributed by atoms with Gasteiger partial charge >= 0.3 is 6.18 Å². The third-order valence-electron chi connectivity index (χ3n) is 2.04. The minimum atomic E-state index is -4.43. The van der Waals surface area contributed by atoms with Crippen molar-refractivity contribution in [3.05, 3.63) is 22.3 Å². The Balaban J connectivity index is 2.20. The summed E-state index contributed by atoms with van der Waals surface area (Å²) >= 11 is 0.901. The Morgan fingerprint density at radius 1 is 1.35 bits per heavy atom. The average Bonchev–Trinajstić information content (AvgIpc) is 2.80. The number of aromatic nitrogens is 3. The molecule has 2 aromatic rings. The van der Waals surface area contributed by atoms with Crippen molar-refractivity contribution >= 4 is 22.8 Å². The number of hydrogen-bond acceptors (Lipinski definition) is 5. The van der Waals surface area contributed by atoms with Gasteiger partial charge in [0.1, 0.15) is 10.8 Å². The summed E-state index contributed by atoms with van der Waals surface area (Å²) in [6.07, 6.45) is -3.09. The number of alkyl halides is 3. The molecule has 0 amide bonds. The molecule has 2 heterocycles. The summed E-state index contributed by atoms with van der Waals surface area (Å²) in [4.78, 5) is 3.46. The predicted molar refractivity (Wildman–Crippen MR) is 57.3 cm³/mol. The Morgan fingerprint density at radius 2 is 2.06 bits per heavy atom. The number of hydrogen-bond donors (Lipinski definition) is 2. The van der Waals surface area contributed by atoms with Gasteiger partial charge in [0.25, 0.3) is 0 Å². The number of anilines is 2. The van der Waals surface area contributed by atoms with E-state index in [1.165, 1.54) is 10.9 Å². The van der Waals surface area contributed by atoms with Crippen LogP contribution in [0.25, 0.3) is 0 Å². The first-order chi connectivity index (χ1) is 7.88. The fraction of sp³-hybridized carbons (Fsp3) is 0.250. The van der Waals surface area contributed by atoms with Gasteiger partial charge < -0.3 is 11.5 Å². The molecule has 2 rings (SSSR count). The van der Waals surface area contributed by atoms with Gasteiger partial charge in [0.2, 0.25) is 0 Å². The summed E-state index contributed by atoms with van der Waals surface area (Å²) < 4.78 is 38.2. The molecule has 5 nitrogen and oxygen atoms in total. The Bertz CT molecular complexity index is 529. The molecule has 0 radical (unpaired) electrons. The van der Waals surface area contributed by atoms with E-state index < -0.39 is 11.9 Å². The molecule has 0 spiro atoms. The van der Waals surface area contributed by atoms with E-state index in [0.717, 1.165) is 16.7 Å². The molecule has 4 N–H and O–H groups in total. The first-order valence-electron chi connectivity index (χ1n) is 4.46. The van der Waals surface area contributed by atoms with Gasteiger partial charge in [-0.2, -0.15) is 18.3 Å². The Morgan fingerprint density at radius 3 is 2.53 bits per heavy atom. The van der Waals surface area contributed by atoms with Gasteiger partial charge in [-0.3, -0.25) is 0 Å². The topological polar surface area (TPSA) is 82.8 Å². The van der Waals surface area contributed by atoms with Crippen molar-refractivity contribution in [2.24, 2.45) is 0 Å². The van der Waals surface area contributed by atoms with Crippen LogP contribution in [-0.2, 0) is 12.7 Å². The van der Waals surface area contributed by atoms with Crippen LogP contribution in [0.15, 0.2) is 11.6 Å². The summed E-state index contributed by atoms with van der Waals surface area (Å²) in [5.74, 6) is 0.216. The normalized spacial score (nSPS) is 11.9. The smallest absolute Gasteiger partial charge is 0.394 e. The van der Waals surface area contributed by atoms with Crippen LogP contribution >= 0.6 is 11.3 Å². The summed E-state index contributed by atoms with van der Waals surface area (Å²) in [5.41, 5.74) is 10.4. The summed E-state index contributed by atoms with van der Waals surface area (Å²) in [7, 11) is 0. The van der Waals surface area contributed by atoms with Crippen molar-refractivity contribution in [3.8, 4) is 0 Å². The first-order valence-corrected chi connectivity index (χ1v) is 5.34. The lowest BCUT2D eigenvalue weighted by Gasteiger charge is -2.02. The number of rotatable bonds is 2. The second-order valence-corrected chi connectivity index (χ2v) is 4.21. The maximum Gasteiger partial charge on any atom is 0.434 e. The van der Waals surface area contributed by atoms with Crippen molar-refractivity contribution in [2.45, 2.75) is 12.7 Å². The fourth-order valence-electron chi connectivity index (χ4n) is 1.18. The van der Waals surface area contributed by atoms with E-state index in [4.69, 9.17) is 11.5 Å². The zero-order valence-corrected chi connectivity index (χ0v) is 9.22. The fourth-order valence-corrected chi connectivity index (χ4v) is 1.96. The van der Waals surface area contributed by atoms with Crippen LogP contribution in [-0.4, -0.2) is 14.8 Å². The van der Waals surface area contributed by atoms with Crippen molar-refractivity contribution in [1.82, 2.24) is 14.8 Å². The van der Waals surface area contributed by atoms with Gasteiger partial charge in [0.05, 0.1) is 18.4 Å². The van der Waals surface area contributed by atoms with Crippen LogP contribution in [0, 0.1) is 0 Å². The number of thiazole rings is 1. The highest BCUT2D eigenvalue weighted by atomic mass is 32.1. The van der Waals surface area contributed by atoms with Gasteiger partial charge in [-0.25, -0.2) is 9.67 Å². The minimum absolute atomic E-state index is 0.0732. The molecule has 17 heavy (non-hydrogen) atoms. The SMILES string of the molecule is Nc1cnn(Cc2nc(C(F)(F)F)cs2)c1N. The molecular formula is C8H8F3N5S. The molecule has 92 valence electrons. The highest BCUT2D eigenvalue weighted by Gasteiger charge is 2.33. The van der Waals surface area contributed by atoms with E-state index in [-0.39, 0.29) is 23.1 Å². The lowest BCUT2D eigenvalue weighted by Crippen LogP contribution is -2.08. The maximum absolute atomic E-state index is 12.3. The Kier molecular flexibility index (Phi) is 2.69. The number of halogens is 3. The van der Waals surface area contributed by atoms with Crippen LogP contribution < -0.4 is 11.5 Å². The van der Waals surface area contributed by atoms with E-state index in [2.05, 4.69) is 10.1 Å². The second-order valence-electron chi connectivity index (χ2n) is 3.27. The van der Waals surface area contributed by atoms with Crippen molar-refractivity contribution in [2.75, 3.05) is 11.5 Å². The van der Waals surface area contributed by atoms with E-state index >= 15 is 0 Å². The molecule has 0 atom stereocenters. The Hall–Kier alpha value is -1.77. The van der Waals surface area contributed by atoms with E-state index in [1.54, 1.807) is 0 Å². The molecule has 9 heteroatoms. The van der Waals surface area contributed by atoms with Crippen LogP contribution in [0.2, 0.25) is 0 Å². The molecule has 0 saturated carbocycles. The molecule has 0 fully saturated rings. The summed E-state index contributed by atoms with van der Waals surface area (Å²) in [6, 6.07) is 0. The minimum Gasteiger partial charge on any atom is -0.394 e. The third kappa shape index (κ3) is 2.33. The van der Waals surface area contributed by atoms with Gasteiger partial charge in [-0.05, 0) is 0 Å². The van der Waals surface area contributed by atoms with E-state index in [9.17, 15) is 13.2 Å². The van der Waals surface area contributed by atoms with Crippen LogP contribution in [0.4, 0.5) is 24.7 Å².